The fraction of sp³-hybridized carbons (Fsp3) is 0.600. The Morgan fingerprint density at radius 3 is 2.56 bits per heavy atom. The van der Waals surface area contributed by atoms with Crippen LogP contribution in [-0.2, 0) is 0 Å². The van der Waals surface area contributed by atoms with Gasteiger partial charge in [-0.1, -0.05) is 11.6 Å². The summed E-state index contributed by atoms with van der Waals surface area (Å²) in [5.41, 5.74) is 0.0350. The first-order chi connectivity index (χ1) is 7.59. The van der Waals surface area contributed by atoms with Gasteiger partial charge in [-0.2, -0.15) is 5.10 Å². The molecule has 2 rings (SSSR count). The van der Waals surface area contributed by atoms with Crippen LogP contribution >= 0.6 is 11.6 Å². The van der Waals surface area contributed by atoms with Crippen LogP contribution in [0.2, 0.25) is 5.15 Å². The Morgan fingerprint density at radius 1 is 1.44 bits per heavy atom. The van der Waals surface area contributed by atoms with Crippen LogP contribution in [0.25, 0.3) is 0 Å². The Balaban J connectivity index is 2.18. The smallest absolute Gasteiger partial charge is 0.340 e. The van der Waals surface area contributed by atoms with Crippen molar-refractivity contribution in [2.45, 2.75) is 37.8 Å². The molecule has 1 aliphatic carbocycles. The lowest BCUT2D eigenvalue weighted by atomic mass is 9.93. The number of carboxylic acids is 1. The fourth-order valence-electron chi connectivity index (χ4n) is 2.05. The first kappa shape index (κ1) is 11.4. The Morgan fingerprint density at radius 2 is 2.06 bits per heavy atom. The third-order valence-electron chi connectivity index (χ3n) is 2.98. The fourth-order valence-corrected chi connectivity index (χ4v) is 2.36. The molecule has 5 nitrogen and oxygen atoms in total. The van der Waals surface area contributed by atoms with E-state index in [1.165, 1.54) is 6.20 Å². The van der Waals surface area contributed by atoms with Crippen LogP contribution < -0.4 is 0 Å². The average Bonchev–Trinajstić information content (AvgIpc) is 2.61. The molecule has 2 N–H and O–H groups in total. The van der Waals surface area contributed by atoms with Crippen LogP contribution in [0.5, 0.6) is 0 Å². The topological polar surface area (TPSA) is 75.3 Å². The standard InChI is InChI=1S/C10H13ClN2O3/c11-9-8(10(15)16)5-12-13(9)6-1-3-7(14)4-2-6/h5-7,14H,1-4H2,(H,15,16). The molecule has 0 aromatic carbocycles. The largest absolute Gasteiger partial charge is 0.478 e. The summed E-state index contributed by atoms with van der Waals surface area (Å²) in [5.74, 6) is -1.06. The van der Waals surface area contributed by atoms with Gasteiger partial charge in [-0.05, 0) is 25.7 Å². The van der Waals surface area contributed by atoms with Crippen molar-refractivity contribution in [3.63, 3.8) is 0 Å². The summed E-state index contributed by atoms with van der Waals surface area (Å²) in [7, 11) is 0. The van der Waals surface area contributed by atoms with E-state index in [9.17, 15) is 9.90 Å². The number of carbonyl (C=O) groups is 1. The molecule has 1 aromatic heterocycles. The number of aliphatic hydroxyl groups is 1. The summed E-state index contributed by atoms with van der Waals surface area (Å²) in [6.45, 7) is 0. The maximum Gasteiger partial charge on any atom is 0.340 e. The molecule has 0 amide bonds. The van der Waals surface area contributed by atoms with Gasteiger partial charge in [-0.3, -0.25) is 4.68 Å². The summed E-state index contributed by atoms with van der Waals surface area (Å²) in [6, 6.07) is 0.101. The zero-order valence-electron chi connectivity index (χ0n) is 8.64. The number of hydrogen-bond donors (Lipinski definition) is 2. The number of rotatable bonds is 2. The van der Waals surface area contributed by atoms with Gasteiger partial charge in [0, 0.05) is 0 Å². The van der Waals surface area contributed by atoms with E-state index in [0.29, 0.717) is 12.8 Å². The van der Waals surface area contributed by atoms with Gasteiger partial charge in [0.05, 0.1) is 18.3 Å². The molecule has 0 spiro atoms. The van der Waals surface area contributed by atoms with Crippen LogP contribution in [0.1, 0.15) is 42.1 Å². The second kappa shape index (κ2) is 4.43. The Hall–Kier alpha value is -1.07. The van der Waals surface area contributed by atoms with E-state index in [1.54, 1.807) is 4.68 Å². The van der Waals surface area contributed by atoms with E-state index in [4.69, 9.17) is 16.7 Å². The van der Waals surface area contributed by atoms with Crippen molar-refractivity contribution in [1.29, 1.82) is 0 Å². The van der Waals surface area contributed by atoms with Gasteiger partial charge in [0.15, 0.2) is 0 Å². The van der Waals surface area contributed by atoms with Crippen LogP contribution in [0.3, 0.4) is 0 Å². The van der Waals surface area contributed by atoms with Crippen molar-refractivity contribution < 1.29 is 15.0 Å². The summed E-state index contributed by atoms with van der Waals surface area (Å²) in [4.78, 5) is 10.8. The Labute approximate surface area is 97.6 Å². The second-order valence-corrected chi connectivity index (χ2v) is 4.42. The van der Waals surface area contributed by atoms with Crippen LogP contribution in [0.15, 0.2) is 6.20 Å². The Kier molecular flexibility index (Phi) is 3.16. The van der Waals surface area contributed by atoms with E-state index < -0.39 is 5.97 Å². The highest BCUT2D eigenvalue weighted by Gasteiger charge is 2.25. The summed E-state index contributed by atoms with van der Waals surface area (Å²) in [6.07, 6.45) is 4.01. The van der Waals surface area contributed by atoms with Crippen molar-refractivity contribution in [3.05, 3.63) is 16.9 Å². The van der Waals surface area contributed by atoms with E-state index in [-0.39, 0.29) is 22.9 Å². The predicted molar refractivity (Wildman–Crippen MR) is 57.7 cm³/mol. The van der Waals surface area contributed by atoms with Gasteiger partial charge >= 0.3 is 5.97 Å². The van der Waals surface area contributed by atoms with Gasteiger partial charge in [0.25, 0.3) is 0 Å². The number of aliphatic hydroxyl groups excluding tert-OH is 1. The molecule has 16 heavy (non-hydrogen) atoms. The summed E-state index contributed by atoms with van der Waals surface area (Å²) in [5, 5.41) is 22.4. The molecule has 1 fully saturated rings. The first-order valence-electron chi connectivity index (χ1n) is 5.24. The quantitative estimate of drug-likeness (QED) is 0.831. The highest BCUT2D eigenvalue weighted by molar-refractivity contribution is 6.32. The van der Waals surface area contributed by atoms with E-state index in [1.807, 2.05) is 0 Å². The second-order valence-electron chi connectivity index (χ2n) is 4.06. The monoisotopic (exact) mass is 244 g/mol. The van der Waals surface area contributed by atoms with Gasteiger partial charge < -0.3 is 10.2 Å². The first-order valence-corrected chi connectivity index (χ1v) is 5.61. The molecule has 6 heteroatoms. The number of aromatic nitrogens is 2. The van der Waals surface area contributed by atoms with Crippen molar-refractivity contribution in [1.82, 2.24) is 9.78 Å². The minimum absolute atomic E-state index is 0.0350. The highest BCUT2D eigenvalue weighted by Crippen LogP contribution is 2.31. The molecule has 0 atom stereocenters. The molecule has 0 radical (unpaired) electrons. The van der Waals surface area contributed by atoms with Gasteiger partial charge in [-0.25, -0.2) is 4.79 Å². The van der Waals surface area contributed by atoms with Gasteiger partial charge in [-0.15, -0.1) is 0 Å². The zero-order chi connectivity index (χ0) is 11.7. The lowest BCUT2D eigenvalue weighted by Gasteiger charge is -2.26. The van der Waals surface area contributed by atoms with E-state index >= 15 is 0 Å². The molecular weight excluding hydrogens is 232 g/mol. The lowest BCUT2D eigenvalue weighted by Crippen LogP contribution is -2.21. The molecule has 0 saturated heterocycles. The molecule has 0 aliphatic heterocycles. The van der Waals surface area contributed by atoms with E-state index in [2.05, 4.69) is 5.10 Å². The van der Waals surface area contributed by atoms with Crippen molar-refractivity contribution in [3.8, 4) is 0 Å². The molecule has 88 valence electrons. The summed E-state index contributed by atoms with van der Waals surface area (Å²) < 4.78 is 1.55. The average molecular weight is 245 g/mol. The molecule has 1 saturated carbocycles. The van der Waals surface area contributed by atoms with Crippen molar-refractivity contribution >= 4 is 17.6 Å². The SMILES string of the molecule is O=C(O)c1cnn(C2CCC(O)CC2)c1Cl. The predicted octanol–water partition coefficient (Wildman–Crippen LogP) is 1.71. The highest BCUT2D eigenvalue weighted by atomic mass is 35.5. The molecule has 1 aromatic rings. The minimum Gasteiger partial charge on any atom is -0.478 e. The number of aromatic carboxylic acids is 1. The van der Waals surface area contributed by atoms with Crippen LogP contribution in [0.4, 0.5) is 0 Å². The molecule has 1 aliphatic rings. The minimum atomic E-state index is -1.06. The summed E-state index contributed by atoms with van der Waals surface area (Å²) >= 11 is 5.95. The maximum absolute atomic E-state index is 10.8. The van der Waals surface area contributed by atoms with Gasteiger partial charge in [0.1, 0.15) is 10.7 Å². The van der Waals surface area contributed by atoms with Crippen LogP contribution in [0, 0.1) is 0 Å². The maximum atomic E-state index is 10.8. The molecule has 1 heterocycles. The number of halogens is 1. The van der Waals surface area contributed by atoms with Crippen LogP contribution in [-0.4, -0.2) is 32.1 Å². The Bertz CT molecular complexity index is 397. The van der Waals surface area contributed by atoms with Gasteiger partial charge in [0.2, 0.25) is 0 Å². The van der Waals surface area contributed by atoms with Crippen molar-refractivity contribution in [2.24, 2.45) is 0 Å². The zero-order valence-corrected chi connectivity index (χ0v) is 9.39. The van der Waals surface area contributed by atoms with Crippen molar-refractivity contribution in [2.75, 3.05) is 0 Å². The van der Waals surface area contributed by atoms with E-state index in [0.717, 1.165) is 12.8 Å². The number of carboxylic acid groups (broad SMARTS) is 1. The number of nitrogens with zero attached hydrogens (tertiary/aromatic N) is 2. The third-order valence-corrected chi connectivity index (χ3v) is 3.35. The molecule has 0 unspecified atom stereocenters. The third kappa shape index (κ3) is 2.05. The number of hydrogen-bond acceptors (Lipinski definition) is 3. The molecular formula is C10H13ClN2O3. The molecule has 0 bridgehead atoms. The lowest BCUT2D eigenvalue weighted by molar-refractivity contribution is 0.0696. The normalized spacial score (nSPS) is 25.6.